The monoisotopic (exact) mass is 754 g/mol. The topological polar surface area (TPSA) is 117 Å². The van der Waals surface area contributed by atoms with Crippen molar-refractivity contribution in [3.8, 4) is 46.0 Å². The highest BCUT2D eigenvalue weighted by Gasteiger charge is 2.34. The van der Waals surface area contributed by atoms with Crippen molar-refractivity contribution in [2.24, 2.45) is 0 Å². The molecule has 0 radical (unpaired) electrons. The first-order chi connectivity index (χ1) is 27.4. The minimum atomic E-state index is -0.904. The van der Waals surface area contributed by atoms with E-state index in [-0.39, 0.29) is 71.2 Å². The van der Waals surface area contributed by atoms with Gasteiger partial charge in [-0.25, -0.2) is 9.59 Å². The van der Waals surface area contributed by atoms with E-state index in [9.17, 15) is 9.59 Å². The molecule has 0 N–H and O–H groups in total. The Balaban J connectivity index is 1.38. The lowest BCUT2D eigenvalue weighted by molar-refractivity contribution is 0.0472. The molecule has 0 fully saturated rings. The fourth-order valence-corrected chi connectivity index (χ4v) is 5.88. The first kappa shape index (κ1) is 37.2. The van der Waals surface area contributed by atoms with E-state index in [2.05, 4.69) is 0 Å². The molecular weight excluding hydrogens is 716 g/mol. The van der Waals surface area contributed by atoms with Gasteiger partial charge in [0.1, 0.15) is 31.1 Å². The maximum absolute atomic E-state index is 13.7. The van der Waals surface area contributed by atoms with Crippen molar-refractivity contribution in [1.29, 1.82) is 0 Å². The molecule has 0 aliphatic carbocycles. The SMILES string of the molecule is COC(=O)c1cc(Oc2c(C(=O)OC)cc(OCc3ccccc3)c(OCc3ccccc3)c2OCc2ccccc2)c2c(c1)OC(c1ccc(OC)cc1)O2. The summed E-state index contributed by atoms with van der Waals surface area (Å²) >= 11 is 0. The van der Waals surface area contributed by atoms with Crippen LogP contribution in [0.15, 0.2) is 133 Å². The molecule has 0 spiro atoms. The van der Waals surface area contributed by atoms with E-state index in [0.29, 0.717) is 11.3 Å². The molecule has 0 saturated heterocycles. The van der Waals surface area contributed by atoms with Crippen LogP contribution in [0.4, 0.5) is 0 Å². The minimum Gasteiger partial charge on any atom is -0.497 e. The average molecular weight is 755 g/mol. The Hall–Kier alpha value is -7.14. The normalized spacial score (nSPS) is 12.7. The Bertz CT molecular complexity index is 2280. The van der Waals surface area contributed by atoms with Crippen LogP contribution in [0, 0.1) is 0 Å². The molecule has 1 atom stereocenters. The van der Waals surface area contributed by atoms with Gasteiger partial charge in [-0.1, -0.05) is 91.0 Å². The van der Waals surface area contributed by atoms with Crippen molar-refractivity contribution in [2.45, 2.75) is 26.1 Å². The van der Waals surface area contributed by atoms with Gasteiger partial charge in [0.15, 0.2) is 23.0 Å². The molecule has 11 heteroatoms. The van der Waals surface area contributed by atoms with Crippen LogP contribution in [0.3, 0.4) is 0 Å². The van der Waals surface area contributed by atoms with E-state index in [1.807, 2.05) is 91.0 Å². The van der Waals surface area contributed by atoms with E-state index < -0.39 is 18.2 Å². The third-order valence-electron chi connectivity index (χ3n) is 8.75. The van der Waals surface area contributed by atoms with Gasteiger partial charge in [0.25, 0.3) is 6.29 Å². The lowest BCUT2D eigenvalue weighted by Gasteiger charge is -2.22. The Morgan fingerprint density at radius 1 is 0.554 bits per heavy atom. The van der Waals surface area contributed by atoms with Gasteiger partial charge in [0.05, 0.1) is 26.9 Å². The highest BCUT2D eigenvalue weighted by Crippen LogP contribution is 2.54. The molecule has 284 valence electrons. The molecule has 7 rings (SSSR count). The Morgan fingerprint density at radius 2 is 1.11 bits per heavy atom. The quantitative estimate of drug-likeness (QED) is 0.0934. The number of methoxy groups -OCH3 is 3. The summed E-state index contributed by atoms with van der Waals surface area (Å²) in [5.74, 6) is -0.0234. The van der Waals surface area contributed by atoms with Gasteiger partial charge in [-0.05, 0) is 53.1 Å². The second-order valence-corrected chi connectivity index (χ2v) is 12.5. The molecule has 6 aromatic carbocycles. The molecule has 1 aliphatic heterocycles. The number of carbonyl (C=O) groups excluding carboxylic acids is 2. The number of rotatable bonds is 15. The molecule has 1 unspecified atom stereocenters. The van der Waals surface area contributed by atoms with Crippen LogP contribution < -0.4 is 33.2 Å². The van der Waals surface area contributed by atoms with Gasteiger partial charge in [-0.2, -0.15) is 0 Å². The molecule has 1 heterocycles. The van der Waals surface area contributed by atoms with Crippen LogP contribution in [-0.4, -0.2) is 33.3 Å². The summed E-state index contributed by atoms with van der Waals surface area (Å²) in [6, 6.07) is 40.2. The summed E-state index contributed by atoms with van der Waals surface area (Å²) in [6.07, 6.45) is -0.904. The maximum Gasteiger partial charge on any atom is 0.341 e. The highest BCUT2D eigenvalue weighted by atomic mass is 16.7. The van der Waals surface area contributed by atoms with E-state index in [4.69, 9.17) is 42.6 Å². The molecule has 0 amide bonds. The van der Waals surface area contributed by atoms with Crippen LogP contribution >= 0.6 is 0 Å². The number of benzene rings is 6. The van der Waals surface area contributed by atoms with Crippen LogP contribution in [0.1, 0.15) is 49.3 Å². The zero-order valence-electron chi connectivity index (χ0n) is 30.9. The predicted octanol–water partition coefficient (Wildman–Crippen LogP) is 9.27. The summed E-state index contributed by atoms with van der Waals surface area (Å²) in [5.41, 5.74) is 3.31. The summed E-state index contributed by atoms with van der Waals surface area (Å²) in [5, 5.41) is 0. The molecule has 0 aromatic heterocycles. The Morgan fingerprint density at radius 3 is 1.66 bits per heavy atom. The van der Waals surface area contributed by atoms with E-state index in [0.717, 1.165) is 16.7 Å². The van der Waals surface area contributed by atoms with E-state index >= 15 is 0 Å². The van der Waals surface area contributed by atoms with Crippen molar-refractivity contribution in [2.75, 3.05) is 21.3 Å². The molecular formula is C45H38O11. The average Bonchev–Trinajstić information content (AvgIpc) is 3.70. The lowest BCUT2D eigenvalue weighted by Crippen LogP contribution is -2.11. The summed E-state index contributed by atoms with van der Waals surface area (Å²) < 4.78 is 54.3. The predicted molar refractivity (Wildman–Crippen MR) is 205 cm³/mol. The second-order valence-electron chi connectivity index (χ2n) is 12.5. The third kappa shape index (κ3) is 8.47. The number of ether oxygens (including phenoxy) is 9. The second kappa shape index (κ2) is 17.3. The van der Waals surface area contributed by atoms with E-state index in [1.165, 1.54) is 32.4 Å². The number of carbonyl (C=O) groups is 2. The highest BCUT2D eigenvalue weighted by molar-refractivity contribution is 5.96. The fraction of sp³-hybridized carbons (Fsp3) is 0.156. The van der Waals surface area contributed by atoms with Gasteiger partial charge in [0, 0.05) is 11.6 Å². The fourth-order valence-electron chi connectivity index (χ4n) is 5.88. The molecule has 56 heavy (non-hydrogen) atoms. The van der Waals surface area contributed by atoms with E-state index in [1.54, 1.807) is 31.4 Å². The van der Waals surface area contributed by atoms with Crippen LogP contribution in [0.25, 0.3) is 0 Å². The first-order valence-electron chi connectivity index (χ1n) is 17.6. The summed E-state index contributed by atoms with van der Waals surface area (Å²) in [4.78, 5) is 26.7. The smallest absolute Gasteiger partial charge is 0.341 e. The Kier molecular flexibility index (Phi) is 11.5. The standard InChI is InChI=1S/C45H38O11/c1-48-34-21-19-32(20-22-34)45-55-38-24-33(43(46)49-2)23-37(40(38)56-45)54-39-35(44(47)50-3)25-36(51-26-29-13-7-4-8-14-29)41(52-27-30-15-9-5-10-16-30)42(39)53-28-31-17-11-6-12-18-31/h4-25,45H,26-28H2,1-3H3. The largest absolute Gasteiger partial charge is 0.497 e. The summed E-state index contributed by atoms with van der Waals surface area (Å²) in [6.45, 7) is 0.324. The molecule has 6 aromatic rings. The molecule has 11 nitrogen and oxygen atoms in total. The van der Waals surface area contributed by atoms with Crippen molar-refractivity contribution in [3.63, 3.8) is 0 Å². The molecule has 0 bridgehead atoms. The molecule has 1 aliphatic rings. The zero-order valence-corrected chi connectivity index (χ0v) is 30.9. The third-order valence-corrected chi connectivity index (χ3v) is 8.75. The number of hydrogen-bond acceptors (Lipinski definition) is 11. The van der Waals surface area contributed by atoms with Crippen molar-refractivity contribution >= 4 is 11.9 Å². The van der Waals surface area contributed by atoms with Gasteiger partial charge < -0.3 is 42.6 Å². The molecule has 0 saturated carbocycles. The van der Waals surface area contributed by atoms with Gasteiger partial charge in [-0.15, -0.1) is 0 Å². The zero-order chi connectivity index (χ0) is 38.9. The number of fused-ring (bicyclic) bond motifs is 1. The first-order valence-corrected chi connectivity index (χ1v) is 17.6. The number of esters is 2. The Labute approximate surface area is 323 Å². The summed E-state index contributed by atoms with van der Waals surface area (Å²) in [7, 11) is 4.10. The van der Waals surface area contributed by atoms with Crippen molar-refractivity contribution in [1.82, 2.24) is 0 Å². The van der Waals surface area contributed by atoms with Crippen LogP contribution in [-0.2, 0) is 29.3 Å². The van der Waals surface area contributed by atoms with Crippen LogP contribution in [0.2, 0.25) is 0 Å². The van der Waals surface area contributed by atoms with Gasteiger partial charge in [-0.3, -0.25) is 0 Å². The lowest BCUT2D eigenvalue weighted by atomic mass is 10.1. The van der Waals surface area contributed by atoms with Crippen LogP contribution in [0.5, 0.6) is 46.0 Å². The van der Waals surface area contributed by atoms with Crippen molar-refractivity contribution in [3.05, 3.63) is 167 Å². The number of hydrogen-bond donors (Lipinski definition) is 0. The minimum absolute atomic E-state index is 0.0283. The van der Waals surface area contributed by atoms with Crippen molar-refractivity contribution < 1.29 is 52.2 Å². The van der Waals surface area contributed by atoms with Gasteiger partial charge >= 0.3 is 11.9 Å². The van der Waals surface area contributed by atoms with Gasteiger partial charge in [0.2, 0.25) is 17.2 Å². The maximum atomic E-state index is 13.7.